The molecule has 0 saturated carbocycles. The van der Waals surface area contributed by atoms with Crippen LogP contribution in [-0.4, -0.2) is 13.1 Å². The molecule has 102 valence electrons. The van der Waals surface area contributed by atoms with E-state index in [1.165, 1.54) is 24.1 Å². The van der Waals surface area contributed by atoms with Gasteiger partial charge in [0.25, 0.3) is 0 Å². The number of benzene rings is 1. The van der Waals surface area contributed by atoms with Crippen molar-refractivity contribution < 1.29 is 0 Å². The summed E-state index contributed by atoms with van der Waals surface area (Å²) in [5.41, 5.74) is 8.25. The van der Waals surface area contributed by atoms with E-state index in [0.29, 0.717) is 5.92 Å². The van der Waals surface area contributed by atoms with Gasteiger partial charge in [0, 0.05) is 12.2 Å². The highest BCUT2D eigenvalue weighted by Gasteiger charge is 2.06. The molecule has 3 N–H and O–H groups in total. The predicted octanol–water partition coefficient (Wildman–Crippen LogP) is 3.99. The van der Waals surface area contributed by atoms with Crippen molar-refractivity contribution in [1.29, 1.82) is 0 Å². The lowest BCUT2D eigenvalue weighted by atomic mass is 9.97. The number of nitrogens with one attached hydrogen (secondary N) is 1. The maximum Gasteiger partial charge on any atom is 0.0343 e. The van der Waals surface area contributed by atoms with E-state index in [2.05, 4.69) is 50.4 Å². The Kier molecular flexibility index (Phi) is 6.81. The van der Waals surface area contributed by atoms with Crippen LogP contribution in [0, 0.1) is 5.92 Å². The standard InChI is InChI=1S/C16H28N2/c1-4-14(5-2)12-18-16-8-6-7-15(11-16)13(3)9-10-17/h6-8,11,13-14,18H,4-5,9-10,12,17H2,1-3H3. The Morgan fingerprint density at radius 2 is 1.94 bits per heavy atom. The van der Waals surface area contributed by atoms with Crippen molar-refractivity contribution in [2.45, 2.75) is 46.0 Å². The first-order valence-corrected chi connectivity index (χ1v) is 7.25. The molecule has 1 aromatic rings. The lowest BCUT2D eigenvalue weighted by Crippen LogP contribution is -2.13. The molecule has 1 aromatic carbocycles. The largest absolute Gasteiger partial charge is 0.385 e. The summed E-state index contributed by atoms with van der Waals surface area (Å²) in [6.07, 6.45) is 3.54. The van der Waals surface area contributed by atoms with Crippen LogP contribution in [0.5, 0.6) is 0 Å². The van der Waals surface area contributed by atoms with Gasteiger partial charge in [-0.2, -0.15) is 0 Å². The molecule has 0 aliphatic carbocycles. The van der Waals surface area contributed by atoms with Gasteiger partial charge < -0.3 is 11.1 Å². The predicted molar refractivity (Wildman–Crippen MR) is 81.1 cm³/mol. The van der Waals surface area contributed by atoms with E-state index in [1.807, 2.05) is 0 Å². The molecule has 0 heterocycles. The second kappa shape index (κ2) is 8.15. The van der Waals surface area contributed by atoms with Gasteiger partial charge in [0.05, 0.1) is 0 Å². The molecule has 1 unspecified atom stereocenters. The number of hydrogen-bond donors (Lipinski definition) is 2. The van der Waals surface area contributed by atoms with Gasteiger partial charge >= 0.3 is 0 Å². The number of anilines is 1. The van der Waals surface area contributed by atoms with E-state index in [0.717, 1.165) is 25.4 Å². The maximum absolute atomic E-state index is 5.62. The summed E-state index contributed by atoms with van der Waals surface area (Å²) in [6, 6.07) is 8.75. The highest BCUT2D eigenvalue weighted by atomic mass is 14.9. The Morgan fingerprint density at radius 1 is 1.22 bits per heavy atom. The molecular weight excluding hydrogens is 220 g/mol. The zero-order valence-electron chi connectivity index (χ0n) is 12.1. The van der Waals surface area contributed by atoms with Crippen LogP contribution < -0.4 is 11.1 Å². The van der Waals surface area contributed by atoms with Crippen molar-refractivity contribution in [3.05, 3.63) is 29.8 Å². The highest BCUT2D eigenvalue weighted by Crippen LogP contribution is 2.22. The van der Waals surface area contributed by atoms with Gasteiger partial charge in [-0.1, -0.05) is 45.7 Å². The monoisotopic (exact) mass is 248 g/mol. The summed E-state index contributed by atoms with van der Waals surface area (Å²) in [4.78, 5) is 0. The lowest BCUT2D eigenvalue weighted by Gasteiger charge is -2.16. The molecule has 1 atom stereocenters. The minimum Gasteiger partial charge on any atom is -0.385 e. The minimum absolute atomic E-state index is 0.546. The number of rotatable bonds is 8. The van der Waals surface area contributed by atoms with Gasteiger partial charge in [0.2, 0.25) is 0 Å². The first-order valence-electron chi connectivity index (χ1n) is 7.25. The first kappa shape index (κ1) is 15.0. The molecule has 2 nitrogen and oxygen atoms in total. The van der Waals surface area contributed by atoms with E-state index in [1.54, 1.807) is 0 Å². The molecule has 1 rings (SSSR count). The van der Waals surface area contributed by atoms with Gasteiger partial charge in [-0.3, -0.25) is 0 Å². The topological polar surface area (TPSA) is 38.0 Å². The Balaban J connectivity index is 2.59. The molecular formula is C16H28N2. The molecule has 0 spiro atoms. The van der Waals surface area contributed by atoms with Crippen LogP contribution in [0.15, 0.2) is 24.3 Å². The van der Waals surface area contributed by atoms with Crippen LogP contribution in [0.1, 0.15) is 51.5 Å². The summed E-state index contributed by atoms with van der Waals surface area (Å²) in [5.74, 6) is 1.32. The average Bonchev–Trinajstić information content (AvgIpc) is 2.40. The molecule has 2 heteroatoms. The quantitative estimate of drug-likeness (QED) is 0.730. The molecule has 0 fully saturated rings. The average molecular weight is 248 g/mol. The van der Waals surface area contributed by atoms with Gasteiger partial charge in [-0.25, -0.2) is 0 Å². The Morgan fingerprint density at radius 3 is 2.56 bits per heavy atom. The summed E-state index contributed by atoms with van der Waals surface area (Å²) >= 11 is 0. The maximum atomic E-state index is 5.62. The van der Waals surface area contributed by atoms with Crippen molar-refractivity contribution in [3.63, 3.8) is 0 Å². The normalized spacial score (nSPS) is 12.7. The fourth-order valence-electron chi connectivity index (χ4n) is 2.21. The SMILES string of the molecule is CCC(CC)CNc1cccc(C(C)CCN)c1. The number of nitrogens with two attached hydrogens (primary N) is 1. The molecule has 0 aliphatic rings. The molecule has 0 aliphatic heterocycles. The van der Waals surface area contributed by atoms with E-state index in [-0.39, 0.29) is 0 Å². The second-order valence-electron chi connectivity index (χ2n) is 5.17. The summed E-state index contributed by atoms with van der Waals surface area (Å²) in [6.45, 7) is 8.59. The van der Waals surface area contributed by atoms with Crippen LogP contribution in [-0.2, 0) is 0 Å². The second-order valence-corrected chi connectivity index (χ2v) is 5.17. The van der Waals surface area contributed by atoms with E-state index in [4.69, 9.17) is 5.73 Å². The number of hydrogen-bond acceptors (Lipinski definition) is 2. The third kappa shape index (κ3) is 4.69. The van der Waals surface area contributed by atoms with Crippen LogP contribution >= 0.6 is 0 Å². The van der Waals surface area contributed by atoms with Crippen LogP contribution in [0.25, 0.3) is 0 Å². The smallest absolute Gasteiger partial charge is 0.0343 e. The molecule has 0 aromatic heterocycles. The van der Waals surface area contributed by atoms with E-state index in [9.17, 15) is 0 Å². The van der Waals surface area contributed by atoms with E-state index >= 15 is 0 Å². The van der Waals surface area contributed by atoms with Crippen molar-refractivity contribution in [3.8, 4) is 0 Å². The van der Waals surface area contributed by atoms with Gasteiger partial charge in [0.1, 0.15) is 0 Å². The van der Waals surface area contributed by atoms with Crippen LogP contribution in [0.2, 0.25) is 0 Å². The molecule has 18 heavy (non-hydrogen) atoms. The van der Waals surface area contributed by atoms with Gasteiger partial charge in [-0.15, -0.1) is 0 Å². The first-order chi connectivity index (χ1) is 8.71. The van der Waals surface area contributed by atoms with Crippen LogP contribution in [0.3, 0.4) is 0 Å². The summed E-state index contributed by atoms with van der Waals surface area (Å²) < 4.78 is 0. The lowest BCUT2D eigenvalue weighted by molar-refractivity contribution is 0.519. The third-order valence-electron chi connectivity index (χ3n) is 3.80. The van der Waals surface area contributed by atoms with Gasteiger partial charge in [-0.05, 0) is 42.5 Å². The Labute approximate surface area is 112 Å². The zero-order chi connectivity index (χ0) is 13.4. The van der Waals surface area contributed by atoms with Crippen molar-refractivity contribution in [2.24, 2.45) is 11.7 Å². The Bertz CT molecular complexity index is 332. The summed E-state index contributed by atoms with van der Waals surface area (Å²) in [5, 5.41) is 3.55. The van der Waals surface area contributed by atoms with Crippen molar-refractivity contribution in [2.75, 3.05) is 18.4 Å². The molecule has 0 radical (unpaired) electrons. The highest BCUT2D eigenvalue weighted by molar-refractivity contribution is 5.46. The fourth-order valence-corrected chi connectivity index (χ4v) is 2.21. The molecule has 0 saturated heterocycles. The molecule has 0 amide bonds. The Hall–Kier alpha value is -1.02. The van der Waals surface area contributed by atoms with Crippen molar-refractivity contribution >= 4 is 5.69 Å². The zero-order valence-corrected chi connectivity index (χ0v) is 12.1. The van der Waals surface area contributed by atoms with Crippen molar-refractivity contribution in [1.82, 2.24) is 0 Å². The third-order valence-corrected chi connectivity index (χ3v) is 3.80. The van der Waals surface area contributed by atoms with Gasteiger partial charge in [0.15, 0.2) is 0 Å². The molecule has 0 bridgehead atoms. The summed E-state index contributed by atoms with van der Waals surface area (Å²) in [7, 11) is 0. The van der Waals surface area contributed by atoms with E-state index < -0.39 is 0 Å². The van der Waals surface area contributed by atoms with Crippen LogP contribution in [0.4, 0.5) is 5.69 Å². The minimum atomic E-state index is 0.546. The fraction of sp³-hybridized carbons (Fsp3) is 0.625.